The van der Waals surface area contributed by atoms with E-state index in [2.05, 4.69) is 15.2 Å². The number of nitrogens with zero attached hydrogens (tertiary/aromatic N) is 4. The summed E-state index contributed by atoms with van der Waals surface area (Å²) >= 11 is 0. The molecule has 4 atom stereocenters. The number of benzene rings is 1. The number of hydrogen-bond acceptors (Lipinski definition) is 10. The molecule has 0 fully saturated rings. The maximum Gasteiger partial charge on any atom is 0.426 e. The zero-order chi connectivity index (χ0) is 39.7. The van der Waals surface area contributed by atoms with Crippen LogP contribution in [0.3, 0.4) is 0 Å². The van der Waals surface area contributed by atoms with Crippen molar-refractivity contribution in [1.82, 2.24) is 15.2 Å². The van der Waals surface area contributed by atoms with Gasteiger partial charge in [0, 0.05) is 2.74 Å². The summed E-state index contributed by atoms with van der Waals surface area (Å²) in [7, 11) is 0. The fourth-order valence-electron chi connectivity index (χ4n) is 4.77. The third kappa shape index (κ3) is 9.68. The number of alkyl halides is 6. The number of rotatable bonds is 4. The van der Waals surface area contributed by atoms with Crippen molar-refractivity contribution < 1.29 is 62.0 Å². The Hall–Kier alpha value is -4.41. The minimum atomic E-state index is -5.29. The Bertz CT molecular complexity index is 1730. The van der Waals surface area contributed by atoms with Crippen LogP contribution in [-0.4, -0.2) is 50.9 Å². The number of ether oxygens (including phenoxy) is 4. The van der Waals surface area contributed by atoms with Crippen molar-refractivity contribution in [2.75, 3.05) is 4.90 Å². The van der Waals surface area contributed by atoms with Gasteiger partial charge in [0.25, 0.3) is 11.8 Å². The molecular formula is C34H40F6N4O7. The molecule has 3 heterocycles. The molecule has 1 aromatic carbocycles. The molecule has 280 valence electrons. The zero-order valence-electron chi connectivity index (χ0n) is 30.9. The Kier molecular flexibility index (Phi) is 10.5. The van der Waals surface area contributed by atoms with Crippen molar-refractivity contribution in [3.8, 4) is 17.5 Å². The van der Waals surface area contributed by atoms with Crippen molar-refractivity contribution in [2.24, 2.45) is 0 Å². The largest absolute Gasteiger partial charge is 0.474 e. The second-order valence-corrected chi connectivity index (χ2v) is 13.7. The highest BCUT2D eigenvalue weighted by Gasteiger charge is 2.61. The van der Waals surface area contributed by atoms with Crippen LogP contribution in [0, 0.1) is 0 Å². The molecule has 17 heteroatoms. The summed E-state index contributed by atoms with van der Waals surface area (Å²) in [5.41, 5.74) is -9.21. The van der Waals surface area contributed by atoms with Gasteiger partial charge in [0.05, 0.1) is 18.4 Å². The molecule has 2 unspecified atom stereocenters. The summed E-state index contributed by atoms with van der Waals surface area (Å²) in [6.07, 6.45) is -19.8. The Morgan fingerprint density at radius 2 is 1.57 bits per heavy atom. The van der Waals surface area contributed by atoms with Gasteiger partial charge in [-0.3, -0.25) is 0 Å². The van der Waals surface area contributed by atoms with Crippen LogP contribution >= 0.6 is 0 Å². The van der Waals surface area contributed by atoms with Gasteiger partial charge in [-0.05, 0) is 85.8 Å². The van der Waals surface area contributed by atoms with Crippen molar-refractivity contribution in [2.45, 2.75) is 122 Å². The topological polar surface area (TPSA) is 126 Å². The minimum absolute atomic E-state index is 0.0850. The monoisotopic (exact) mass is 732 g/mol. The highest BCUT2D eigenvalue weighted by atomic mass is 19.4. The van der Waals surface area contributed by atoms with E-state index in [1.54, 1.807) is 18.2 Å². The van der Waals surface area contributed by atoms with E-state index in [0.717, 1.165) is 0 Å². The summed E-state index contributed by atoms with van der Waals surface area (Å²) in [4.78, 5) is 31.2. The van der Waals surface area contributed by atoms with Gasteiger partial charge in [0.15, 0.2) is 5.69 Å². The Morgan fingerprint density at radius 3 is 2.12 bits per heavy atom. The van der Waals surface area contributed by atoms with Gasteiger partial charge >= 0.3 is 24.5 Å². The average Bonchev–Trinajstić information content (AvgIpc) is 3.49. The van der Waals surface area contributed by atoms with Crippen molar-refractivity contribution in [3.63, 3.8) is 0 Å². The smallest absolute Gasteiger partial charge is 0.426 e. The predicted octanol–water partition coefficient (Wildman–Crippen LogP) is 9.53. The number of aromatic nitrogens is 3. The van der Waals surface area contributed by atoms with E-state index in [1.165, 1.54) is 60.6 Å². The molecule has 0 saturated carbocycles. The molecule has 1 aliphatic rings. The Labute approximate surface area is 293 Å². The first kappa shape index (κ1) is 36.4. The molecular weight excluding hydrogens is 690 g/mol. The van der Waals surface area contributed by atoms with Gasteiger partial charge in [0.2, 0.25) is 11.5 Å². The molecule has 2 aromatic heterocycles. The predicted molar refractivity (Wildman–Crippen MR) is 170 cm³/mol. The normalized spacial score (nSPS) is 22.5. The van der Waals surface area contributed by atoms with Crippen LogP contribution in [0.1, 0.15) is 100 Å². The maximum absolute atomic E-state index is 15.3. The molecule has 0 radical (unpaired) electrons. The van der Waals surface area contributed by atoms with Gasteiger partial charge < -0.3 is 23.4 Å². The van der Waals surface area contributed by atoms with Crippen molar-refractivity contribution in [1.29, 1.82) is 0 Å². The first-order valence-electron chi connectivity index (χ1n) is 17.0. The van der Waals surface area contributed by atoms with Crippen molar-refractivity contribution >= 4 is 17.9 Å². The number of carbonyl (C=O) groups is 2. The second-order valence-electron chi connectivity index (χ2n) is 13.7. The van der Waals surface area contributed by atoms with E-state index in [0.29, 0.717) is 11.6 Å². The number of hydrogen-bond donors (Lipinski definition) is 0. The summed E-state index contributed by atoms with van der Waals surface area (Å²) < 4.78 is 134. The molecule has 0 aliphatic carbocycles. The molecule has 4 rings (SSSR count). The first-order valence-corrected chi connectivity index (χ1v) is 15.8. The van der Waals surface area contributed by atoms with Crippen LogP contribution in [0.5, 0.6) is 5.88 Å². The van der Waals surface area contributed by atoms with Gasteiger partial charge in [-0.2, -0.15) is 31.2 Å². The first-order chi connectivity index (χ1) is 24.3. The number of halogens is 6. The average molecular weight is 733 g/mol. The van der Waals surface area contributed by atoms with Crippen LogP contribution in [-0.2, 0) is 32.6 Å². The molecule has 51 heavy (non-hydrogen) atoms. The van der Waals surface area contributed by atoms with Crippen LogP contribution < -0.4 is 9.64 Å². The quantitative estimate of drug-likeness (QED) is 0.239. The SMILES string of the molecule is [2H]C1CC[C@](OCc2ccccc2)(C(F)(F)F)c2nnc(o2)-c2nc(c(C(F)(F)F)cc2N(C(=O)OC(C)(C)C)C(=O)OC(C)(C)C)O[C@H](C)CC1[2H]. The molecule has 0 saturated heterocycles. The van der Waals surface area contributed by atoms with E-state index in [1.807, 2.05) is 0 Å². The van der Waals surface area contributed by atoms with Crippen LogP contribution in [0.4, 0.5) is 41.6 Å². The number of carbonyl (C=O) groups excluding carboxylic acids is 2. The van der Waals surface area contributed by atoms with E-state index in [-0.39, 0.29) is 4.90 Å². The fraction of sp³-hybridized carbons (Fsp3) is 0.559. The lowest BCUT2D eigenvalue weighted by Gasteiger charge is -2.33. The van der Waals surface area contributed by atoms with Crippen LogP contribution in [0.2, 0.25) is 0 Å². The van der Waals surface area contributed by atoms with Crippen LogP contribution in [0.15, 0.2) is 40.8 Å². The van der Waals surface area contributed by atoms with E-state index in [9.17, 15) is 22.8 Å². The maximum atomic E-state index is 15.3. The number of fused-ring (bicyclic) bond motifs is 5. The number of amides is 2. The molecule has 0 N–H and O–H groups in total. The number of anilines is 1. The Balaban J connectivity index is 2.06. The van der Waals surface area contributed by atoms with E-state index in [4.69, 9.17) is 26.1 Å². The lowest BCUT2D eigenvalue weighted by atomic mass is 9.94. The number of imide groups is 1. The van der Waals surface area contributed by atoms with E-state index < -0.39 is 121 Å². The van der Waals surface area contributed by atoms with Gasteiger partial charge in [-0.25, -0.2) is 14.6 Å². The van der Waals surface area contributed by atoms with Crippen molar-refractivity contribution in [3.05, 3.63) is 53.4 Å². The van der Waals surface area contributed by atoms with Gasteiger partial charge in [0.1, 0.15) is 16.8 Å². The lowest BCUT2D eigenvalue weighted by molar-refractivity contribution is -0.300. The molecule has 3 aromatic rings. The third-order valence-electron chi connectivity index (χ3n) is 7.04. The van der Waals surface area contributed by atoms with Crippen LogP contribution in [0.25, 0.3) is 11.6 Å². The summed E-state index contributed by atoms with van der Waals surface area (Å²) in [5, 5.41) is 7.30. The number of pyridine rings is 1. The molecule has 0 spiro atoms. The highest BCUT2D eigenvalue weighted by Crippen LogP contribution is 2.48. The molecule has 11 nitrogen and oxygen atoms in total. The molecule has 4 bridgehead atoms. The summed E-state index contributed by atoms with van der Waals surface area (Å²) in [6, 6.07) is 8.08. The Morgan fingerprint density at radius 1 is 0.961 bits per heavy atom. The summed E-state index contributed by atoms with van der Waals surface area (Å²) in [6.45, 7) is 9.15. The minimum Gasteiger partial charge on any atom is -0.474 e. The van der Waals surface area contributed by atoms with E-state index >= 15 is 13.2 Å². The van der Waals surface area contributed by atoms with Gasteiger partial charge in [-0.1, -0.05) is 36.7 Å². The standard InChI is InChI=1S/C34H40F6N4O7/c1-20-14-10-9-13-17-32(34(38,39)40,47-19-21-15-11-8-12-16-21)27-43-42-26(49-27)24-23(18-22(33(35,36)37)25(41-24)48-20)44(28(45)50-30(2,3)4)29(46)51-31(5,6)7/h8,11-12,15-16,18,20H,9-10,13-14,17,19H2,1-7H3/t20-,32-/m1/s1/i9D,10D/t9?,10?,20-,32-. The second kappa shape index (κ2) is 14.7. The lowest BCUT2D eigenvalue weighted by Crippen LogP contribution is -2.45. The van der Waals surface area contributed by atoms with Gasteiger partial charge in [-0.15, -0.1) is 10.2 Å². The zero-order valence-corrected chi connectivity index (χ0v) is 28.9. The third-order valence-corrected chi connectivity index (χ3v) is 7.04. The highest BCUT2D eigenvalue weighted by molar-refractivity contribution is 6.11. The fourth-order valence-corrected chi connectivity index (χ4v) is 4.77. The molecule has 2 amide bonds. The summed E-state index contributed by atoms with van der Waals surface area (Å²) in [5.74, 6) is -3.33. The molecule has 1 aliphatic heterocycles.